The van der Waals surface area contributed by atoms with Crippen LogP contribution >= 0.6 is 0 Å². The van der Waals surface area contributed by atoms with Crippen LogP contribution in [-0.2, 0) is 9.59 Å². The number of aromatic nitrogens is 2. The van der Waals surface area contributed by atoms with E-state index in [1.54, 1.807) is 36.1 Å². The number of benzene rings is 2. The number of hydrogen-bond acceptors (Lipinski definition) is 6. The number of rotatable bonds is 5. The Kier molecular flexibility index (Phi) is 5.14. The third-order valence-electron chi connectivity index (χ3n) is 5.00. The summed E-state index contributed by atoms with van der Waals surface area (Å²) in [5, 5.41) is 6.73. The van der Waals surface area contributed by atoms with E-state index in [0.29, 0.717) is 28.7 Å². The van der Waals surface area contributed by atoms with E-state index in [-0.39, 0.29) is 30.6 Å². The van der Waals surface area contributed by atoms with Crippen molar-refractivity contribution in [1.82, 2.24) is 10.1 Å². The third kappa shape index (κ3) is 3.98. The highest BCUT2D eigenvalue weighted by molar-refractivity contribution is 6.04. The summed E-state index contributed by atoms with van der Waals surface area (Å²) >= 11 is 0. The van der Waals surface area contributed by atoms with E-state index in [1.807, 2.05) is 24.3 Å². The molecule has 1 aromatic heterocycles. The number of Topliss-reactive ketones (excluding diaryl/α,β-unsaturated/α-hetero) is 1. The lowest BCUT2D eigenvalue weighted by Gasteiger charge is -2.17. The molecule has 2 heterocycles. The van der Waals surface area contributed by atoms with Crippen LogP contribution in [0.15, 0.2) is 53.1 Å². The summed E-state index contributed by atoms with van der Waals surface area (Å²) in [6, 6.07) is 14.0. The third-order valence-corrected chi connectivity index (χ3v) is 5.00. The highest BCUT2D eigenvalue weighted by Gasteiger charge is 2.35. The maximum Gasteiger partial charge on any atom is 0.229 e. The zero-order valence-corrected chi connectivity index (χ0v) is 16.6. The maximum atomic E-state index is 12.7. The Bertz CT molecular complexity index is 1120. The maximum absolute atomic E-state index is 12.7. The van der Waals surface area contributed by atoms with Gasteiger partial charge >= 0.3 is 0 Å². The molecule has 3 aromatic rings. The quantitative estimate of drug-likeness (QED) is 0.655. The standard InChI is InChI=1S/C22H20N4O4/c1-13(27)15-6-8-18(9-7-15)24-22(29)17-11-20(28)26(12-17)19-5-3-4-16(10-19)21-23-14(2)30-25-21/h3-10,17H,11-12H2,1-2H3,(H,24,29). The van der Waals surface area contributed by atoms with Crippen molar-refractivity contribution in [3.63, 3.8) is 0 Å². The lowest BCUT2D eigenvalue weighted by molar-refractivity contribution is -0.122. The number of nitrogens with zero attached hydrogens (tertiary/aromatic N) is 3. The second-order valence-electron chi connectivity index (χ2n) is 7.22. The monoisotopic (exact) mass is 404 g/mol. The van der Waals surface area contributed by atoms with E-state index in [4.69, 9.17) is 4.52 Å². The Balaban J connectivity index is 1.46. The SMILES string of the molecule is CC(=O)c1ccc(NC(=O)C2CC(=O)N(c3cccc(-c4noc(C)n4)c3)C2)cc1. The van der Waals surface area contributed by atoms with Crippen molar-refractivity contribution in [1.29, 1.82) is 0 Å². The predicted octanol–water partition coefficient (Wildman–Crippen LogP) is 3.24. The molecule has 30 heavy (non-hydrogen) atoms. The summed E-state index contributed by atoms with van der Waals surface area (Å²) in [5.74, 6) is 0.0455. The molecule has 8 heteroatoms. The van der Waals surface area contributed by atoms with Gasteiger partial charge in [0.05, 0.1) is 5.92 Å². The highest BCUT2D eigenvalue weighted by atomic mass is 16.5. The zero-order chi connectivity index (χ0) is 21.3. The van der Waals surface area contributed by atoms with Crippen molar-refractivity contribution in [3.05, 3.63) is 60.0 Å². The summed E-state index contributed by atoms with van der Waals surface area (Å²) in [6.07, 6.45) is 0.128. The average molecular weight is 404 g/mol. The van der Waals surface area contributed by atoms with E-state index < -0.39 is 5.92 Å². The minimum atomic E-state index is -0.471. The number of amides is 2. The highest BCUT2D eigenvalue weighted by Crippen LogP contribution is 2.29. The molecule has 4 rings (SSSR count). The number of carbonyl (C=O) groups excluding carboxylic acids is 3. The topological polar surface area (TPSA) is 105 Å². The van der Waals surface area contributed by atoms with Crippen LogP contribution in [0.3, 0.4) is 0 Å². The van der Waals surface area contributed by atoms with Crippen LogP contribution in [0.1, 0.15) is 29.6 Å². The molecule has 1 aliphatic rings. The molecule has 1 aliphatic heterocycles. The number of nitrogens with one attached hydrogen (secondary N) is 1. The van der Waals surface area contributed by atoms with E-state index in [0.717, 1.165) is 5.56 Å². The molecule has 1 unspecified atom stereocenters. The van der Waals surface area contributed by atoms with Crippen molar-refractivity contribution in [2.45, 2.75) is 20.3 Å². The van der Waals surface area contributed by atoms with Crippen molar-refractivity contribution in [3.8, 4) is 11.4 Å². The first-order valence-corrected chi connectivity index (χ1v) is 9.53. The molecule has 0 radical (unpaired) electrons. The molecule has 2 amide bonds. The first kappa shape index (κ1) is 19.5. The van der Waals surface area contributed by atoms with Crippen LogP contribution in [0, 0.1) is 12.8 Å². The second-order valence-corrected chi connectivity index (χ2v) is 7.22. The Morgan fingerprint density at radius 1 is 1.17 bits per heavy atom. The van der Waals surface area contributed by atoms with Crippen LogP contribution < -0.4 is 10.2 Å². The van der Waals surface area contributed by atoms with Crippen LogP contribution in [0.4, 0.5) is 11.4 Å². The van der Waals surface area contributed by atoms with Crippen LogP contribution in [0.2, 0.25) is 0 Å². The van der Waals surface area contributed by atoms with Gasteiger partial charge in [-0.2, -0.15) is 4.98 Å². The lowest BCUT2D eigenvalue weighted by Crippen LogP contribution is -2.28. The molecule has 152 valence electrons. The first-order chi connectivity index (χ1) is 14.4. The molecule has 2 aromatic carbocycles. The van der Waals surface area contributed by atoms with Crippen LogP contribution in [-0.4, -0.2) is 34.3 Å². The van der Waals surface area contributed by atoms with Gasteiger partial charge in [-0.05, 0) is 43.3 Å². The molecule has 0 saturated carbocycles. The number of carbonyl (C=O) groups is 3. The number of aryl methyl sites for hydroxylation is 1. The second kappa shape index (κ2) is 7.90. The van der Waals surface area contributed by atoms with Gasteiger partial charge < -0.3 is 14.7 Å². The van der Waals surface area contributed by atoms with E-state index in [2.05, 4.69) is 15.5 Å². The number of hydrogen-bond donors (Lipinski definition) is 1. The number of ketones is 1. The van der Waals surface area contributed by atoms with Crippen molar-refractivity contribution in [2.75, 3.05) is 16.8 Å². The van der Waals surface area contributed by atoms with Crippen molar-refractivity contribution < 1.29 is 18.9 Å². The predicted molar refractivity (Wildman–Crippen MR) is 110 cm³/mol. The van der Waals surface area contributed by atoms with Gasteiger partial charge in [-0.25, -0.2) is 0 Å². The van der Waals surface area contributed by atoms with E-state index in [9.17, 15) is 14.4 Å². The first-order valence-electron chi connectivity index (χ1n) is 9.53. The van der Waals surface area contributed by atoms with Crippen LogP contribution in [0.5, 0.6) is 0 Å². The Labute approximate surface area is 172 Å². The summed E-state index contributed by atoms with van der Waals surface area (Å²) in [4.78, 5) is 42.4. The minimum absolute atomic E-state index is 0.0388. The Morgan fingerprint density at radius 2 is 1.93 bits per heavy atom. The van der Waals surface area contributed by atoms with E-state index in [1.165, 1.54) is 6.92 Å². The molecule has 1 atom stereocenters. The smallest absolute Gasteiger partial charge is 0.229 e. The largest absolute Gasteiger partial charge is 0.339 e. The fourth-order valence-electron chi connectivity index (χ4n) is 3.39. The molecular weight excluding hydrogens is 384 g/mol. The average Bonchev–Trinajstić information content (AvgIpc) is 3.34. The van der Waals surface area contributed by atoms with Gasteiger partial charge in [-0.3, -0.25) is 14.4 Å². The molecular formula is C22H20N4O4. The summed E-state index contributed by atoms with van der Waals surface area (Å²) in [5.41, 5.74) is 2.58. The van der Waals surface area contributed by atoms with Gasteiger partial charge in [0.15, 0.2) is 5.78 Å². The molecule has 0 spiro atoms. The van der Waals surface area contributed by atoms with Gasteiger partial charge in [-0.15, -0.1) is 0 Å². The lowest BCUT2D eigenvalue weighted by atomic mass is 10.1. The number of anilines is 2. The van der Waals surface area contributed by atoms with Gasteiger partial charge in [0.1, 0.15) is 0 Å². The zero-order valence-electron chi connectivity index (χ0n) is 16.6. The fourth-order valence-corrected chi connectivity index (χ4v) is 3.39. The van der Waals surface area contributed by atoms with Gasteiger partial charge in [0.25, 0.3) is 0 Å². The van der Waals surface area contributed by atoms with Gasteiger partial charge in [-0.1, -0.05) is 17.3 Å². The molecule has 0 aliphatic carbocycles. The van der Waals surface area contributed by atoms with Crippen LogP contribution in [0.25, 0.3) is 11.4 Å². The molecule has 1 saturated heterocycles. The normalized spacial score (nSPS) is 16.0. The molecule has 8 nitrogen and oxygen atoms in total. The minimum Gasteiger partial charge on any atom is -0.339 e. The molecule has 0 bridgehead atoms. The summed E-state index contributed by atoms with van der Waals surface area (Å²) in [6.45, 7) is 3.48. The molecule has 1 N–H and O–H groups in total. The molecule has 1 fully saturated rings. The summed E-state index contributed by atoms with van der Waals surface area (Å²) in [7, 11) is 0. The Hall–Kier alpha value is -3.81. The van der Waals surface area contributed by atoms with E-state index >= 15 is 0 Å². The van der Waals surface area contributed by atoms with Crippen molar-refractivity contribution >= 4 is 29.0 Å². The van der Waals surface area contributed by atoms with Gasteiger partial charge in [0.2, 0.25) is 23.5 Å². The summed E-state index contributed by atoms with van der Waals surface area (Å²) < 4.78 is 5.02. The fraction of sp³-hybridized carbons (Fsp3) is 0.227. The Morgan fingerprint density at radius 3 is 2.60 bits per heavy atom. The van der Waals surface area contributed by atoms with Gasteiger partial charge in [0, 0.05) is 42.4 Å². The van der Waals surface area contributed by atoms with Crippen molar-refractivity contribution in [2.24, 2.45) is 5.92 Å².